The Morgan fingerprint density at radius 2 is 1.90 bits per heavy atom. The van der Waals surface area contributed by atoms with Gasteiger partial charge in [0.15, 0.2) is 0 Å². The maximum Gasteiger partial charge on any atom is 0.0802 e. The van der Waals surface area contributed by atoms with Crippen molar-refractivity contribution in [3.05, 3.63) is 34.9 Å². The number of nitrogens with zero attached hydrogens (tertiary/aromatic N) is 1. The third-order valence-electron chi connectivity index (χ3n) is 4.29. The van der Waals surface area contributed by atoms with Crippen molar-refractivity contribution < 1.29 is 10.2 Å². The van der Waals surface area contributed by atoms with Gasteiger partial charge < -0.3 is 15.1 Å². The standard InChI is InChI=1S/C17H27NO2/c1-12-8-13(2)10-15(9-12)17(20)5-7-18-6-4-16(19)14(3)11-18/h8-10,14,16-17,19-20H,4-7,11H2,1-3H3. The first-order valence-electron chi connectivity index (χ1n) is 7.62. The average Bonchev–Trinajstić information content (AvgIpc) is 2.38. The molecular formula is C17H27NO2. The number of aliphatic hydroxyl groups is 2. The van der Waals surface area contributed by atoms with E-state index in [1.165, 1.54) is 11.1 Å². The minimum Gasteiger partial charge on any atom is -0.393 e. The molecule has 3 nitrogen and oxygen atoms in total. The van der Waals surface area contributed by atoms with Crippen LogP contribution in [0.25, 0.3) is 0 Å². The highest BCUT2D eigenvalue weighted by Crippen LogP contribution is 2.22. The second-order valence-electron chi connectivity index (χ2n) is 6.36. The summed E-state index contributed by atoms with van der Waals surface area (Å²) in [5.74, 6) is 0.335. The first kappa shape index (κ1) is 15.5. The van der Waals surface area contributed by atoms with Crippen LogP contribution in [0.3, 0.4) is 0 Å². The lowest BCUT2D eigenvalue weighted by Crippen LogP contribution is -2.42. The topological polar surface area (TPSA) is 43.7 Å². The van der Waals surface area contributed by atoms with E-state index in [-0.39, 0.29) is 6.10 Å². The van der Waals surface area contributed by atoms with Gasteiger partial charge in [0.2, 0.25) is 0 Å². The molecule has 0 spiro atoms. The third kappa shape index (κ3) is 4.05. The van der Waals surface area contributed by atoms with Crippen molar-refractivity contribution >= 4 is 0 Å². The molecular weight excluding hydrogens is 250 g/mol. The number of piperidine rings is 1. The summed E-state index contributed by atoms with van der Waals surface area (Å²) in [6.45, 7) is 8.99. The molecule has 0 saturated carbocycles. The molecule has 3 atom stereocenters. The van der Waals surface area contributed by atoms with E-state index in [0.29, 0.717) is 5.92 Å². The van der Waals surface area contributed by atoms with Gasteiger partial charge in [-0.2, -0.15) is 0 Å². The molecule has 2 rings (SSSR count). The monoisotopic (exact) mass is 277 g/mol. The number of benzene rings is 1. The summed E-state index contributed by atoms with van der Waals surface area (Å²) in [7, 11) is 0. The van der Waals surface area contributed by atoms with E-state index in [2.05, 4.69) is 43.9 Å². The number of hydrogen-bond donors (Lipinski definition) is 2. The second-order valence-corrected chi connectivity index (χ2v) is 6.36. The summed E-state index contributed by atoms with van der Waals surface area (Å²) in [5.41, 5.74) is 3.43. The van der Waals surface area contributed by atoms with E-state index < -0.39 is 6.10 Å². The number of aliphatic hydroxyl groups excluding tert-OH is 2. The average molecular weight is 277 g/mol. The number of aryl methyl sites for hydroxylation is 2. The number of hydrogen-bond acceptors (Lipinski definition) is 3. The van der Waals surface area contributed by atoms with E-state index >= 15 is 0 Å². The van der Waals surface area contributed by atoms with Crippen LogP contribution >= 0.6 is 0 Å². The van der Waals surface area contributed by atoms with E-state index in [1.54, 1.807) is 0 Å². The van der Waals surface area contributed by atoms with Gasteiger partial charge in [0, 0.05) is 19.6 Å². The highest BCUT2D eigenvalue weighted by atomic mass is 16.3. The van der Waals surface area contributed by atoms with Crippen molar-refractivity contribution in [3.63, 3.8) is 0 Å². The Balaban J connectivity index is 1.87. The van der Waals surface area contributed by atoms with Gasteiger partial charge in [0.05, 0.1) is 12.2 Å². The summed E-state index contributed by atoms with van der Waals surface area (Å²) in [5, 5.41) is 20.1. The summed E-state index contributed by atoms with van der Waals surface area (Å²) in [6.07, 6.45) is 1.05. The van der Waals surface area contributed by atoms with Gasteiger partial charge in [-0.3, -0.25) is 0 Å². The largest absolute Gasteiger partial charge is 0.393 e. The molecule has 1 heterocycles. The molecule has 1 aliphatic rings. The quantitative estimate of drug-likeness (QED) is 0.888. The number of rotatable bonds is 4. The SMILES string of the molecule is Cc1cc(C)cc(C(O)CCN2CCC(O)C(C)C2)c1. The summed E-state index contributed by atoms with van der Waals surface area (Å²) in [6, 6.07) is 6.27. The fraction of sp³-hybridized carbons (Fsp3) is 0.647. The Hall–Kier alpha value is -0.900. The first-order valence-corrected chi connectivity index (χ1v) is 7.62. The molecule has 0 radical (unpaired) electrons. The molecule has 20 heavy (non-hydrogen) atoms. The van der Waals surface area contributed by atoms with Crippen LogP contribution in [0.4, 0.5) is 0 Å². The molecule has 1 aliphatic heterocycles. The lowest BCUT2D eigenvalue weighted by Gasteiger charge is -2.34. The molecule has 3 unspecified atom stereocenters. The number of likely N-dealkylation sites (tertiary alicyclic amines) is 1. The Morgan fingerprint density at radius 1 is 1.25 bits per heavy atom. The maximum atomic E-state index is 10.3. The van der Waals surface area contributed by atoms with E-state index in [4.69, 9.17) is 0 Å². The molecule has 0 bridgehead atoms. The van der Waals surface area contributed by atoms with Crippen LogP contribution < -0.4 is 0 Å². The smallest absolute Gasteiger partial charge is 0.0802 e. The zero-order valence-corrected chi connectivity index (χ0v) is 12.8. The fourth-order valence-corrected chi connectivity index (χ4v) is 3.10. The normalized spacial score (nSPS) is 25.6. The molecule has 1 fully saturated rings. The molecule has 1 aromatic carbocycles. The predicted octanol–water partition coefficient (Wildman–Crippen LogP) is 2.43. The van der Waals surface area contributed by atoms with Gasteiger partial charge in [-0.25, -0.2) is 0 Å². The van der Waals surface area contributed by atoms with Crippen molar-refractivity contribution in [1.82, 2.24) is 4.90 Å². The van der Waals surface area contributed by atoms with E-state index in [0.717, 1.165) is 38.0 Å². The predicted molar refractivity (Wildman–Crippen MR) is 81.7 cm³/mol. The lowest BCUT2D eigenvalue weighted by molar-refractivity contribution is 0.0288. The molecule has 2 N–H and O–H groups in total. The van der Waals surface area contributed by atoms with Gasteiger partial charge in [0.25, 0.3) is 0 Å². The fourth-order valence-electron chi connectivity index (χ4n) is 3.10. The highest BCUT2D eigenvalue weighted by molar-refractivity contribution is 5.29. The van der Waals surface area contributed by atoms with Crippen LogP contribution in [0.1, 0.15) is 42.6 Å². The molecule has 0 amide bonds. The van der Waals surface area contributed by atoms with E-state index in [9.17, 15) is 10.2 Å². The maximum absolute atomic E-state index is 10.3. The van der Waals surface area contributed by atoms with Crippen molar-refractivity contribution in [3.8, 4) is 0 Å². The molecule has 112 valence electrons. The van der Waals surface area contributed by atoms with Gasteiger partial charge in [-0.1, -0.05) is 36.2 Å². The van der Waals surface area contributed by atoms with Gasteiger partial charge >= 0.3 is 0 Å². The van der Waals surface area contributed by atoms with Gasteiger partial charge in [0.1, 0.15) is 0 Å². The molecule has 3 heteroatoms. The van der Waals surface area contributed by atoms with Gasteiger partial charge in [-0.15, -0.1) is 0 Å². The summed E-state index contributed by atoms with van der Waals surface area (Å²) in [4.78, 5) is 2.35. The van der Waals surface area contributed by atoms with Gasteiger partial charge in [-0.05, 0) is 38.2 Å². The van der Waals surface area contributed by atoms with Crippen LogP contribution in [0, 0.1) is 19.8 Å². The zero-order valence-electron chi connectivity index (χ0n) is 12.8. The minimum absolute atomic E-state index is 0.157. The molecule has 0 aromatic heterocycles. The van der Waals surface area contributed by atoms with Crippen LogP contribution in [0.15, 0.2) is 18.2 Å². The van der Waals surface area contributed by atoms with Crippen LogP contribution in [0.2, 0.25) is 0 Å². The first-order chi connectivity index (χ1) is 9.45. The minimum atomic E-state index is -0.393. The molecule has 1 saturated heterocycles. The Labute approximate surface area is 122 Å². The Bertz CT molecular complexity index is 426. The Morgan fingerprint density at radius 3 is 2.50 bits per heavy atom. The van der Waals surface area contributed by atoms with E-state index in [1.807, 2.05) is 0 Å². The summed E-state index contributed by atoms with van der Waals surface area (Å²) >= 11 is 0. The van der Waals surface area contributed by atoms with Crippen LogP contribution in [-0.2, 0) is 0 Å². The molecule has 0 aliphatic carbocycles. The highest BCUT2D eigenvalue weighted by Gasteiger charge is 2.24. The molecule has 1 aromatic rings. The third-order valence-corrected chi connectivity index (χ3v) is 4.29. The zero-order chi connectivity index (χ0) is 14.7. The van der Waals surface area contributed by atoms with Crippen molar-refractivity contribution in [2.24, 2.45) is 5.92 Å². The van der Waals surface area contributed by atoms with Crippen molar-refractivity contribution in [2.45, 2.75) is 45.8 Å². The lowest BCUT2D eigenvalue weighted by atomic mass is 9.96. The van der Waals surface area contributed by atoms with Crippen molar-refractivity contribution in [1.29, 1.82) is 0 Å². The van der Waals surface area contributed by atoms with Crippen molar-refractivity contribution in [2.75, 3.05) is 19.6 Å². The van der Waals surface area contributed by atoms with Crippen LogP contribution in [-0.4, -0.2) is 40.9 Å². The van der Waals surface area contributed by atoms with Crippen LogP contribution in [0.5, 0.6) is 0 Å². The Kier molecular flexibility index (Phi) is 5.19. The second kappa shape index (κ2) is 6.70. The summed E-state index contributed by atoms with van der Waals surface area (Å²) < 4.78 is 0.